The second-order valence-electron chi connectivity index (χ2n) is 9.58. The topological polar surface area (TPSA) is 75.0 Å². The van der Waals surface area contributed by atoms with Crippen LogP contribution < -0.4 is 5.32 Å². The second-order valence-corrected chi connectivity index (χ2v) is 9.58. The molecule has 0 bridgehead atoms. The number of carbonyl (C=O) groups is 1. The van der Waals surface area contributed by atoms with Gasteiger partial charge in [0.25, 0.3) is 0 Å². The molecule has 2 aliphatic rings. The van der Waals surface area contributed by atoms with Crippen molar-refractivity contribution in [2.45, 2.75) is 58.0 Å². The molecular formula is C22H39IN6O2. The first-order valence-electron chi connectivity index (χ1n) is 11.2. The molecule has 0 aliphatic carbocycles. The van der Waals surface area contributed by atoms with E-state index in [-0.39, 0.29) is 30.1 Å². The van der Waals surface area contributed by atoms with Crippen LogP contribution in [0.1, 0.15) is 57.9 Å². The third-order valence-electron chi connectivity index (χ3n) is 5.90. The fourth-order valence-electron chi connectivity index (χ4n) is 4.39. The Morgan fingerprint density at radius 2 is 2.03 bits per heavy atom. The largest absolute Gasteiger partial charge is 0.444 e. The Kier molecular flexibility index (Phi) is 9.45. The molecule has 0 radical (unpaired) electrons. The number of halogens is 1. The number of carbonyl (C=O) groups excluding carboxylic acids is 1. The highest BCUT2D eigenvalue weighted by Crippen LogP contribution is 2.27. The molecule has 9 heteroatoms. The van der Waals surface area contributed by atoms with E-state index in [4.69, 9.17) is 4.74 Å². The summed E-state index contributed by atoms with van der Waals surface area (Å²) in [5.41, 5.74) is 0.862. The summed E-state index contributed by atoms with van der Waals surface area (Å²) >= 11 is 0. The Balaban J connectivity index is 0.00000341. The Morgan fingerprint density at radius 1 is 1.26 bits per heavy atom. The number of likely N-dealkylation sites (tertiary alicyclic amines) is 2. The zero-order valence-electron chi connectivity index (χ0n) is 19.6. The Bertz CT molecular complexity index is 745. The molecule has 1 N–H and O–H groups in total. The number of hydrogen-bond donors (Lipinski definition) is 1. The van der Waals surface area contributed by atoms with Crippen LogP contribution in [0.5, 0.6) is 0 Å². The summed E-state index contributed by atoms with van der Waals surface area (Å²) in [4.78, 5) is 21.1. The number of nitrogens with zero attached hydrogens (tertiary/aromatic N) is 5. The first-order chi connectivity index (χ1) is 14.2. The van der Waals surface area contributed by atoms with Gasteiger partial charge in [-0.1, -0.05) is 0 Å². The van der Waals surface area contributed by atoms with Gasteiger partial charge in [-0.05, 0) is 57.9 Å². The number of hydrogen-bond acceptors (Lipinski definition) is 4. The predicted molar refractivity (Wildman–Crippen MR) is 134 cm³/mol. The van der Waals surface area contributed by atoms with Crippen molar-refractivity contribution in [1.82, 2.24) is 24.9 Å². The molecule has 2 aliphatic heterocycles. The summed E-state index contributed by atoms with van der Waals surface area (Å²) in [6, 6.07) is 0. The molecule has 2 fully saturated rings. The first-order valence-corrected chi connectivity index (χ1v) is 11.2. The number of piperidine rings is 1. The van der Waals surface area contributed by atoms with Crippen LogP contribution in [-0.2, 0) is 11.8 Å². The van der Waals surface area contributed by atoms with Crippen molar-refractivity contribution in [3.8, 4) is 0 Å². The van der Waals surface area contributed by atoms with Crippen molar-refractivity contribution in [3.63, 3.8) is 0 Å². The first kappa shape index (κ1) is 25.7. The van der Waals surface area contributed by atoms with Crippen LogP contribution in [0, 0.1) is 5.92 Å². The van der Waals surface area contributed by atoms with Crippen LogP contribution in [0.2, 0.25) is 0 Å². The molecule has 0 saturated carbocycles. The molecule has 1 aromatic heterocycles. The van der Waals surface area contributed by atoms with Crippen LogP contribution in [0.3, 0.4) is 0 Å². The van der Waals surface area contributed by atoms with Gasteiger partial charge < -0.3 is 19.9 Å². The van der Waals surface area contributed by atoms with Gasteiger partial charge >= 0.3 is 6.09 Å². The molecule has 0 spiro atoms. The van der Waals surface area contributed by atoms with E-state index in [2.05, 4.69) is 26.5 Å². The van der Waals surface area contributed by atoms with Crippen molar-refractivity contribution < 1.29 is 9.53 Å². The molecule has 8 nitrogen and oxygen atoms in total. The minimum absolute atomic E-state index is 0. The summed E-state index contributed by atoms with van der Waals surface area (Å²) in [5, 5.41) is 7.84. The van der Waals surface area contributed by atoms with E-state index in [9.17, 15) is 4.79 Å². The maximum Gasteiger partial charge on any atom is 0.410 e. The van der Waals surface area contributed by atoms with Crippen molar-refractivity contribution in [2.24, 2.45) is 18.0 Å². The fourth-order valence-corrected chi connectivity index (χ4v) is 4.39. The second kappa shape index (κ2) is 11.4. The molecule has 3 rings (SSSR count). The lowest BCUT2D eigenvalue weighted by atomic mass is 9.95. The van der Waals surface area contributed by atoms with Gasteiger partial charge in [-0.3, -0.25) is 9.67 Å². The molecule has 31 heavy (non-hydrogen) atoms. The van der Waals surface area contributed by atoms with E-state index < -0.39 is 5.60 Å². The average Bonchev–Trinajstić information content (AvgIpc) is 3.33. The van der Waals surface area contributed by atoms with Gasteiger partial charge in [0, 0.05) is 58.9 Å². The molecule has 2 unspecified atom stereocenters. The highest BCUT2D eigenvalue weighted by atomic mass is 127. The number of guanidine groups is 1. The van der Waals surface area contributed by atoms with Gasteiger partial charge in [0.2, 0.25) is 0 Å². The average molecular weight is 546 g/mol. The molecule has 1 amide bonds. The molecular weight excluding hydrogens is 507 g/mol. The summed E-state index contributed by atoms with van der Waals surface area (Å²) in [5.74, 6) is 1.98. The summed E-state index contributed by atoms with van der Waals surface area (Å²) < 4.78 is 7.41. The lowest BCUT2D eigenvalue weighted by Crippen LogP contribution is -2.44. The monoisotopic (exact) mass is 546 g/mol. The molecule has 176 valence electrons. The quantitative estimate of drug-likeness (QED) is 0.356. The third-order valence-corrected chi connectivity index (χ3v) is 5.90. The highest BCUT2D eigenvalue weighted by molar-refractivity contribution is 14.0. The maximum atomic E-state index is 12.4. The third kappa shape index (κ3) is 7.54. The molecule has 0 aromatic carbocycles. The Hall–Kier alpha value is -1.52. The fraction of sp³-hybridized carbons (Fsp3) is 0.773. The minimum atomic E-state index is -0.443. The number of ether oxygens (including phenoxy) is 1. The van der Waals surface area contributed by atoms with Crippen molar-refractivity contribution in [3.05, 3.63) is 18.0 Å². The van der Waals surface area contributed by atoms with Crippen LogP contribution in [0.15, 0.2) is 17.4 Å². The van der Waals surface area contributed by atoms with E-state index in [1.165, 1.54) is 5.56 Å². The molecule has 3 heterocycles. The van der Waals surface area contributed by atoms with E-state index in [0.717, 1.165) is 64.4 Å². The van der Waals surface area contributed by atoms with Gasteiger partial charge in [-0.15, -0.1) is 24.0 Å². The summed E-state index contributed by atoms with van der Waals surface area (Å²) in [6.07, 6.45) is 8.25. The number of amides is 1. The highest BCUT2D eigenvalue weighted by Gasteiger charge is 2.29. The van der Waals surface area contributed by atoms with E-state index >= 15 is 0 Å². The van der Waals surface area contributed by atoms with Gasteiger partial charge in [0.15, 0.2) is 5.96 Å². The molecule has 2 atom stereocenters. The maximum absolute atomic E-state index is 12.4. The van der Waals surface area contributed by atoms with Gasteiger partial charge in [-0.2, -0.15) is 5.10 Å². The summed E-state index contributed by atoms with van der Waals surface area (Å²) in [7, 11) is 3.82. The van der Waals surface area contributed by atoms with Crippen LogP contribution in [-0.4, -0.2) is 77.0 Å². The van der Waals surface area contributed by atoms with E-state index in [1.54, 1.807) is 0 Å². The Morgan fingerprint density at radius 3 is 2.68 bits per heavy atom. The molecule has 1 aromatic rings. The normalized spacial score (nSPS) is 22.3. The zero-order valence-corrected chi connectivity index (χ0v) is 22.0. The Labute approximate surface area is 203 Å². The molecule has 2 saturated heterocycles. The standard InChI is InChI=1S/C22H38N6O2.HI/c1-22(2,3)30-21(29)28-11-6-7-17(14-28)8-10-24-20(23-4)27-12-9-18(16-27)19-13-25-26(5)15-19;/h13,15,17-18H,6-12,14,16H2,1-5H3,(H,23,24);1H. The van der Waals surface area contributed by atoms with Crippen molar-refractivity contribution in [1.29, 1.82) is 0 Å². The van der Waals surface area contributed by atoms with Gasteiger partial charge in [0.05, 0.1) is 6.20 Å². The van der Waals surface area contributed by atoms with Crippen LogP contribution in [0.25, 0.3) is 0 Å². The summed E-state index contributed by atoms with van der Waals surface area (Å²) in [6.45, 7) is 10.2. The number of aromatic nitrogens is 2. The van der Waals surface area contributed by atoms with Crippen LogP contribution in [0.4, 0.5) is 4.79 Å². The zero-order chi connectivity index (χ0) is 21.7. The number of rotatable bonds is 4. The van der Waals surface area contributed by atoms with E-state index in [0.29, 0.717) is 11.8 Å². The number of aliphatic imine (C=N–C) groups is 1. The SMILES string of the molecule is CN=C(NCCC1CCCN(C(=O)OC(C)(C)C)C1)N1CCC(c2cnn(C)c2)C1.I. The lowest BCUT2D eigenvalue weighted by molar-refractivity contribution is 0.0162. The smallest absolute Gasteiger partial charge is 0.410 e. The minimum Gasteiger partial charge on any atom is -0.444 e. The number of aryl methyl sites for hydroxylation is 1. The van der Waals surface area contributed by atoms with Gasteiger partial charge in [-0.25, -0.2) is 4.79 Å². The van der Waals surface area contributed by atoms with E-state index in [1.807, 2.05) is 50.6 Å². The predicted octanol–water partition coefficient (Wildman–Crippen LogP) is 3.44. The van der Waals surface area contributed by atoms with Gasteiger partial charge in [0.1, 0.15) is 5.60 Å². The number of nitrogens with one attached hydrogen (secondary N) is 1. The van der Waals surface area contributed by atoms with Crippen molar-refractivity contribution >= 4 is 36.0 Å². The van der Waals surface area contributed by atoms with Crippen LogP contribution >= 0.6 is 24.0 Å². The van der Waals surface area contributed by atoms with Crippen molar-refractivity contribution in [2.75, 3.05) is 39.8 Å². The lowest BCUT2D eigenvalue weighted by Gasteiger charge is -2.34.